The zero-order valence-electron chi connectivity index (χ0n) is 12.3. The number of thiophene rings is 1. The molecule has 3 rings (SSSR count). The van der Waals surface area contributed by atoms with E-state index in [0.717, 1.165) is 23.7 Å². The van der Waals surface area contributed by atoms with E-state index in [9.17, 15) is 4.79 Å². The van der Waals surface area contributed by atoms with Crippen molar-refractivity contribution in [3.8, 4) is 0 Å². The second kappa shape index (κ2) is 7.11. The van der Waals surface area contributed by atoms with Gasteiger partial charge < -0.3 is 10.6 Å². The van der Waals surface area contributed by atoms with Gasteiger partial charge in [-0.25, -0.2) is 0 Å². The number of thioether (sulfide) groups is 1. The van der Waals surface area contributed by atoms with Crippen molar-refractivity contribution in [3.05, 3.63) is 39.7 Å². The highest BCUT2D eigenvalue weighted by Gasteiger charge is 2.27. The summed E-state index contributed by atoms with van der Waals surface area (Å²) in [5.41, 5.74) is 2.08. The number of carbonyl (C=O) groups is 1. The molecule has 0 radical (unpaired) electrons. The SMILES string of the molecule is Cc1ccc(NCCNC(=O)[C@@H]2SCCc3sccc32)nn1. The molecule has 1 aliphatic heterocycles. The molecular formula is C15H18N4OS2. The third-order valence-corrected chi connectivity index (χ3v) is 5.68. The maximum Gasteiger partial charge on any atom is 0.237 e. The number of anilines is 1. The summed E-state index contributed by atoms with van der Waals surface area (Å²) in [4.78, 5) is 13.7. The van der Waals surface area contributed by atoms with E-state index in [0.29, 0.717) is 13.1 Å². The first-order valence-corrected chi connectivity index (χ1v) is 9.16. The first-order valence-electron chi connectivity index (χ1n) is 7.24. The molecule has 1 amide bonds. The van der Waals surface area contributed by atoms with Crippen molar-refractivity contribution in [2.24, 2.45) is 0 Å². The minimum atomic E-state index is -0.0610. The topological polar surface area (TPSA) is 66.9 Å². The minimum Gasteiger partial charge on any atom is -0.367 e. The number of nitrogens with zero attached hydrogens (tertiary/aromatic N) is 2. The van der Waals surface area contributed by atoms with E-state index in [4.69, 9.17) is 0 Å². The Morgan fingerprint density at radius 3 is 3.05 bits per heavy atom. The fourth-order valence-corrected chi connectivity index (χ4v) is 4.64. The molecule has 0 aliphatic carbocycles. The summed E-state index contributed by atoms with van der Waals surface area (Å²) in [6.07, 6.45) is 1.08. The van der Waals surface area contributed by atoms with E-state index in [1.165, 1.54) is 10.4 Å². The van der Waals surface area contributed by atoms with Crippen molar-refractivity contribution in [1.82, 2.24) is 15.5 Å². The Balaban J connectivity index is 1.46. The summed E-state index contributed by atoms with van der Waals surface area (Å²) < 4.78 is 0. The molecule has 22 heavy (non-hydrogen) atoms. The van der Waals surface area contributed by atoms with Gasteiger partial charge in [-0.15, -0.1) is 28.2 Å². The zero-order valence-corrected chi connectivity index (χ0v) is 14.0. The van der Waals surface area contributed by atoms with E-state index in [2.05, 4.69) is 32.3 Å². The van der Waals surface area contributed by atoms with Crippen LogP contribution in [0.2, 0.25) is 0 Å². The predicted octanol–water partition coefficient (Wildman–Crippen LogP) is 2.41. The largest absolute Gasteiger partial charge is 0.367 e. The monoisotopic (exact) mass is 334 g/mol. The van der Waals surface area contributed by atoms with Crippen LogP contribution < -0.4 is 10.6 Å². The number of aryl methyl sites for hydroxylation is 2. The molecule has 1 atom stereocenters. The molecule has 5 nitrogen and oxygen atoms in total. The fraction of sp³-hybridized carbons (Fsp3) is 0.400. The van der Waals surface area contributed by atoms with Gasteiger partial charge in [-0.2, -0.15) is 5.10 Å². The van der Waals surface area contributed by atoms with Gasteiger partial charge in [-0.05, 0) is 48.2 Å². The molecule has 3 heterocycles. The summed E-state index contributed by atoms with van der Waals surface area (Å²) >= 11 is 3.48. The Bertz CT molecular complexity index is 641. The highest BCUT2D eigenvalue weighted by Crippen LogP contribution is 2.39. The van der Waals surface area contributed by atoms with Crippen molar-refractivity contribution < 1.29 is 4.79 Å². The third kappa shape index (κ3) is 3.59. The zero-order chi connectivity index (χ0) is 15.4. The Hall–Kier alpha value is -1.60. The summed E-state index contributed by atoms with van der Waals surface area (Å²) in [7, 11) is 0. The smallest absolute Gasteiger partial charge is 0.237 e. The van der Waals surface area contributed by atoms with Crippen LogP contribution in [0.25, 0.3) is 0 Å². The van der Waals surface area contributed by atoms with Gasteiger partial charge in [0.1, 0.15) is 11.1 Å². The van der Waals surface area contributed by atoms with Crippen molar-refractivity contribution in [3.63, 3.8) is 0 Å². The molecule has 0 fully saturated rings. The molecule has 0 saturated heterocycles. The highest BCUT2D eigenvalue weighted by molar-refractivity contribution is 8.00. The van der Waals surface area contributed by atoms with E-state index >= 15 is 0 Å². The lowest BCUT2D eigenvalue weighted by Gasteiger charge is -2.21. The van der Waals surface area contributed by atoms with Crippen LogP contribution in [0.15, 0.2) is 23.6 Å². The molecule has 116 valence electrons. The lowest BCUT2D eigenvalue weighted by molar-refractivity contribution is -0.120. The van der Waals surface area contributed by atoms with Crippen LogP contribution in [0.5, 0.6) is 0 Å². The molecule has 0 unspecified atom stereocenters. The molecule has 0 bridgehead atoms. The van der Waals surface area contributed by atoms with Crippen molar-refractivity contribution in [1.29, 1.82) is 0 Å². The van der Waals surface area contributed by atoms with Crippen LogP contribution in [0.4, 0.5) is 5.82 Å². The molecule has 2 aromatic heterocycles. The number of rotatable bonds is 5. The Labute approximate surface area is 137 Å². The van der Waals surface area contributed by atoms with Gasteiger partial charge in [0.05, 0.1) is 5.69 Å². The van der Waals surface area contributed by atoms with E-state index in [1.807, 2.05) is 19.1 Å². The number of fused-ring (bicyclic) bond motifs is 1. The molecule has 1 aliphatic rings. The van der Waals surface area contributed by atoms with E-state index in [-0.39, 0.29) is 11.2 Å². The number of carbonyl (C=O) groups excluding carboxylic acids is 1. The normalized spacial score (nSPS) is 16.9. The highest BCUT2D eigenvalue weighted by atomic mass is 32.2. The standard InChI is InChI=1S/C15H18N4OS2/c1-10-2-3-13(19-18-10)16-6-7-17-15(20)14-11-4-8-21-12(11)5-9-22-14/h2-4,8,14H,5-7,9H2,1H3,(H,16,19)(H,17,20)/t14-/m1/s1. The van der Waals surface area contributed by atoms with Crippen molar-refractivity contribution in [2.75, 3.05) is 24.2 Å². The van der Waals surface area contributed by atoms with Gasteiger partial charge in [0, 0.05) is 18.0 Å². The number of hydrogen-bond acceptors (Lipinski definition) is 6. The van der Waals surface area contributed by atoms with Gasteiger partial charge >= 0.3 is 0 Å². The van der Waals surface area contributed by atoms with Gasteiger partial charge in [0.15, 0.2) is 0 Å². The number of aromatic nitrogens is 2. The Morgan fingerprint density at radius 1 is 1.32 bits per heavy atom. The Kier molecular flexibility index (Phi) is 4.94. The van der Waals surface area contributed by atoms with Crippen LogP contribution in [0.1, 0.15) is 21.4 Å². The van der Waals surface area contributed by atoms with Crippen LogP contribution >= 0.6 is 23.1 Å². The summed E-state index contributed by atoms with van der Waals surface area (Å²) in [5.74, 6) is 1.84. The van der Waals surface area contributed by atoms with Gasteiger partial charge in [0.2, 0.25) is 5.91 Å². The molecule has 0 spiro atoms. The number of nitrogens with one attached hydrogen (secondary N) is 2. The summed E-state index contributed by atoms with van der Waals surface area (Å²) in [6.45, 7) is 3.11. The fourth-order valence-electron chi connectivity index (χ4n) is 2.33. The molecule has 0 saturated carbocycles. The third-order valence-electron chi connectivity index (χ3n) is 3.44. The van der Waals surface area contributed by atoms with Crippen molar-refractivity contribution >= 4 is 34.8 Å². The average Bonchev–Trinajstić information content (AvgIpc) is 3.01. The summed E-state index contributed by atoms with van der Waals surface area (Å²) in [6, 6.07) is 5.88. The molecule has 2 N–H and O–H groups in total. The lowest BCUT2D eigenvalue weighted by atomic mass is 10.1. The Morgan fingerprint density at radius 2 is 2.23 bits per heavy atom. The predicted molar refractivity (Wildman–Crippen MR) is 91.5 cm³/mol. The van der Waals surface area contributed by atoms with E-state index < -0.39 is 0 Å². The molecule has 7 heteroatoms. The van der Waals surface area contributed by atoms with Crippen LogP contribution in [-0.2, 0) is 11.2 Å². The summed E-state index contributed by atoms with van der Waals surface area (Å²) in [5, 5.41) is 16.2. The first-order chi connectivity index (χ1) is 10.7. The maximum atomic E-state index is 12.3. The van der Waals surface area contributed by atoms with Crippen LogP contribution in [0, 0.1) is 6.92 Å². The lowest BCUT2D eigenvalue weighted by Crippen LogP contribution is -2.33. The van der Waals surface area contributed by atoms with E-state index in [1.54, 1.807) is 23.1 Å². The van der Waals surface area contributed by atoms with Gasteiger partial charge in [0.25, 0.3) is 0 Å². The maximum absolute atomic E-state index is 12.3. The average molecular weight is 334 g/mol. The quantitative estimate of drug-likeness (QED) is 0.822. The van der Waals surface area contributed by atoms with Gasteiger partial charge in [-0.3, -0.25) is 4.79 Å². The second-order valence-corrected chi connectivity index (χ2v) is 7.29. The van der Waals surface area contributed by atoms with Crippen molar-refractivity contribution in [2.45, 2.75) is 18.6 Å². The molecule has 0 aromatic carbocycles. The molecular weight excluding hydrogens is 316 g/mol. The molecule has 2 aromatic rings. The number of hydrogen-bond donors (Lipinski definition) is 2. The van der Waals surface area contributed by atoms with Crippen LogP contribution in [-0.4, -0.2) is 34.9 Å². The first kappa shape index (κ1) is 15.3. The van der Waals surface area contributed by atoms with Gasteiger partial charge in [-0.1, -0.05) is 0 Å². The minimum absolute atomic E-state index is 0.0610. The second-order valence-electron chi connectivity index (χ2n) is 5.08. The van der Waals surface area contributed by atoms with Crippen LogP contribution in [0.3, 0.4) is 0 Å². The number of amides is 1.